The second-order valence-electron chi connectivity index (χ2n) is 6.62. The monoisotopic (exact) mass is 484 g/mol. The molecule has 0 aliphatic heterocycles. The van der Waals surface area contributed by atoms with Gasteiger partial charge in [-0.3, -0.25) is 0 Å². The zero-order chi connectivity index (χ0) is 23.5. The first-order valence-electron chi connectivity index (χ1n) is 9.28. The Morgan fingerprint density at radius 1 is 0.906 bits per heavy atom. The van der Waals surface area contributed by atoms with E-state index in [0.29, 0.717) is 22.3 Å². The molecule has 0 heterocycles. The zero-order valence-electron chi connectivity index (χ0n) is 16.6. The lowest BCUT2D eigenvalue weighted by molar-refractivity contribution is 0.249. The Hall–Kier alpha value is -2.88. The number of fused-ring (bicyclic) bond motifs is 3. The Morgan fingerprint density at radius 3 is 1.84 bits per heavy atom. The first kappa shape index (κ1) is 23.8. The highest BCUT2D eigenvalue weighted by Gasteiger charge is 2.29. The number of carbonyl (C=O) groups is 1. The fraction of sp³-hybridized carbons (Fsp3) is 0.222. The van der Waals surface area contributed by atoms with E-state index in [1.54, 1.807) is 12.1 Å². The van der Waals surface area contributed by atoms with Crippen LogP contribution in [-0.4, -0.2) is 65.1 Å². The van der Waals surface area contributed by atoms with E-state index in [0.717, 1.165) is 0 Å². The second-order valence-corrected chi connectivity index (χ2v) is 10.2. The van der Waals surface area contributed by atoms with E-state index in [-0.39, 0.29) is 41.8 Å². The molecule has 0 radical (unpaired) electrons. The molecule has 12 nitrogen and oxygen atoms in total. The minimum Gasteiger partial charge on any atom is -0.444 e. The molecule has 0 spiro atoms. The van der Waals surface area contributed by atoms with Gasteiger partial charge in [0.05, 0.1) is 28.7 Å². The highest BCUT2D eigenvalue weighted by Crippen LogP contribution is 2.39. The Morgan fingerprint density at radius 2 is 1.41 bits per heavy atom. The van der Waals surface area contributed by atoms with Crippen molar-refractivity contribution < 1.29 is 31.8 Å². The third-order valence-corrected chi connectivity index (χ3v) is 7.42. The number of hydrazone groups is 1. The van der Waals surface area contributed by atoms with Crippen LogP contribution in [0.25, 0.3) is 11.1 Å². The lowest BCUT2D eigenvalue weighted by Crippen LogP contribution is -2.27. The number of carbonyl (C=O) groups excluding carboxylic acids is 1. The smallest absolute Gasteiger partial charge is 0.332 e. The number of benzene rings is 2. The molecule has 2 aromatic carbocycles. The number of aliphatic hydroxyl groups excluding tert-OH is 1. The maximum absolute atomic E-state index is 12.5. The van der Waals surface area contributed by atoms with Crippen LogP contribution in [0.2, 0.25) is 0 Å². The van der Waals surface area contributed by atoms with Crippen LogP contribution in [0.5, 0.6) is 0 Å². The molecule has 3 rings (SSSR count). The molecule has 1 aliphatic rings. The molecular weight excluding hydrogens is 462 g/mol. The van der Waals surface area contributed by atoms with E-state index in [2.05, 4.69) is 20.0 Å². The van der Waals surface area contributed by atoms with Crippen LogP contribution in [0.3, 0.4) is 0 Å². The van der Waals surface area contributed by atoms with Crippen molar-refractivity contribution in [3.63, 3.8) is 0 Å². The van der Waals surface area contributed by atoms with Crippen LogP contribution in [0.1, 0.15) is 11.1 Å². The number of nitrogens with zero attached hydrogens (tertiary/aromatic N) is 1. The standard InChI is InChI=1S/C18H21N5O7S2/c19-18(26)23-22-17-15-9-11(31(27,28)20-5-7-24)1-3-13(15)14-4-2-12(10-16(14)17)32(29,30)21-6-8-25/h1-4,9-10,20-21,24-25H,5-8H2,(H3,19,23,26)/p+1. The molecule has 2 aromatic rings. The van der Waals surface area contributed by atoms with E-state index in [1.807, 2.05) is 0 Å². The van der Waals surface area contributed by atoms with E-state index >= 15 is 0 Å². The number of urea groups is 1. The van der Waals surface area contributed by atoms with Crippen LogP contribution in [-0.2, 0) is 20.0 Å². The summed E-state index contributed by atoms with van der Waals surface area (Å²) < 4.78 is 54.5. The van der Waals surface area contributed by atoms with Gasteiger partial charge in [0.15, 0.2) is 6.61 Å². The second kappa shape index (κ2) is 9.32. The molecule has 172 valence electrons. The number of primary amides is 1. The Balaban J connectivity index is 2.14. The molecule has 1 aliphatic carbocycles. The fourth-order valence-corrected chi connectivity index (χ4v) is 5.26. The number of rotatable bonds is 9. The van der Waals surface area contributed by atoms with Gasteiger partial charge in [0.2, 0.25) is 20.0 Å². The largest absolute Gasteiger partial charge is 0.444 e. The van der Waals surface area contributed by atoms with Gasteiger partial charge in [-0.1, -0.05) is 12.1 Å². The number of nitrogens with two attached hydrogens (primary N) is 1. The average molecular weight is 485 g/mol. The van der Waals surface area contributed by atoms with Crippen molar-refractivity contribution in [3.05, 3.63) is 47.5 Å². The van der Waals surface area contributed by atoms with E-state index in [9.17, 15) is 21.6 Å². The maximum Gasteiger partial charge on any atom is 0.332 e. The number of hydrogen-bond donors (Lipinski definition) is 5. The highest BCUT2D eigenvalue weighted by molar-refractivity contribution is 7.89. The van der Waals surface area contributed by atoms with E-state index < -0.39 is 26.1 Å². The Labute approximate surface area is 184 Å². The fourth-order valence-electron chi connectivity index (χ4n) is 3.15. The first-order valence-corrected chi connectivity index (χ1v) is 12.2. The summed E-state index contributed by atoms with van der Waals surface area (Å²) in [5, 5.41) is 20.0. The molecule has 0 saturated heterocycles. The van der Waals surface area contributed by atoms with Gasteiger partial charge in [-0.15, -0.1) is 0 Å². The van der Waals surface area contributed by atoms with Crippen molar-refractivity contribution in [2.75, 3.05) is 26.3 Å². The molecule has 0 aromatic heterocycles. The molecule has 0 fully saturated rings. The Kier molecular flexibility index (Phi) is 6.92. The summed E-state index contributed by atoms with van der Waals surface area (Å²) in [5.74, 6) is 0. The Bertz CT molecular complexity index is 1200. The summed E-state index contributed by atoms with van der Waals surface area (Å²) >= 11 is 0. The van der Waals surface area contributed by atoms with E-state index in [4.69, 9.17) is 15.9 Å². The summed E-state index contributed by atoms with van der Waals surface area (Å²) in [4.78, 5) is 11.0. The van der Waals surface area contributed by atoms with Crippen molar-refractivity contribution in [1.82, 2.24) is 14.9 Å². The molecule has 2 amide bonds. The SMILES string of the molecule is NC(=O)N/N=C1\c2cc(S(=O)(=O)NCCO)ccc2-c2ccc(S(=O)(=O)NCC[OH2+])cc21. The van der Waals surface area contributed by atoms with Gasteiger partial charge >= 0.3 is 6.03 Å². The van der Waals surface area contributed by atoms with Crippen LogP contribution in [0.4, 0.5) is 4.79 Å². The van der Waals surface area contributed by atoms with Gasteiger partial charge in [-0.05, 0) is 35.4 Å². The number of aliphatic hydroxyl groups is 1. The minimum absolute atomic E-state index is 0.0636. The third kappa shape index (κ3) is 4.79. The number of nitrogens with one attached hydrogen (secondary N) is 3. The predicted molar refractivity (Wildman–Crippen MR) is 116 cm³/mol. The van der Waals surface area contributed by atoms with Crippen molar-refractivity contribution in [2.45, 2.75) is 9.79 Å². The number of sulfonamides is 2. The summed E-state index contributed by atoms with van der Waals surface area (Å²) in [7, 11) is -7.82. The molecule has 8 N–H and O–H groups in total. The summed E-state index contributed by atoms with van der Waals surface area (Å²) in [6.45, 7) is -0.745. The summed E-state index contributed by atoms with van der Waals surface area (Å²) in [6, 6.07) is 7.57. The first-order chi connectivity index (χ1) is 15.1. The molecule has 14 heteroatoms. The molecule has 32 heavy (non-hydrogen) atoms. The quantitative estimate of drug-likeness (QED) is 0.178. The van der Waals surface area contributed by atoms with Gasteiger partial charge in [0, 0.05) is 17.7 Å². The third-order valence-electron chi connectivity index (χ3n) is 4.50. The van der Waals surface area contributed by atoms with Crippen LogP contribution in [0, 0.1) is 0 Å². The van der Waals surface area contributed by atoms with E-state index in [1.165, 1.54) is 24.3 Å². The predicted octanol–water partition coefficient (Wildman–Crippen LogP) is -1.64. The van der Waals surface area contributed by atoms with Crippen LogP contribution in [0.15, 0.2) is 51.3 Å². The normalized spacial score (nSPS) is 14.2. The molecule has 0 bridgehead atoms. The van der Waals surface area contributed by atoms with Crippen LogP contribution < -0.4 is 20.6 Å². The van der Waals surface area contributed by atoms with Crippen molar-refractivity contribution in [3.8, 4) is 11.1 Å². The molecule has 0 saturated carbocycles. The lowest BCUT2D eigenvalue weighted by Gasteiger charge is -2.08. The van der Waals surface area contributed by atoms with Gasteiger partial charge in [0.25, 0.3) is 0 Å². The summed E-state index contributed by atoms with van der Waals surface area (Å²) in [5.41, 5.74) is 9.18. The number of amides is 2. The van der Waals surface area contributed by atoms with Gasteiger partial charge < -0.3 is 15.9 Å². The molecule has 0 unspecified atom stereocenters. The van der Waals surface area contributed by atoms with Gasteiger partial charge in [-0.25, -0.2) is 36.5 Å². The lowest BCUT2D eigenvalue weighted by atomic mass is 10.1. The molecule has 0 atom stereocenters. The highest BCUT2D eigenvalue weighted by atomic mass is 32.2. The summed E-state index contributed by atoms with van der Waals surface area (Å²) in [6.07, 6.45) is 0. The van der Waals surface area contributed by atoms with Gasteiger partial charge in [0.1, 0.15) is 0 Å². The molecular formula is C18H22N5O7S2+. The zero-order valence-corrected chi connectivity index (χ0v) is 18.3. The van der Waals surface area contributed by atoms with Crippen molar-refractivity contribution >= 4 is 31.8 Å². The topological polar surface area (TPSA) is 203 Å². The minimum atomic E-state index is -3.93. The van der Waals surface area contributed by atoms with Gasteiger partial charge in [-0.2, -0.15) is 5.10 Å². The van der Waals surface area contributed by atoms with Crippen molar-refractivity contribution in [1.29, 1.82) is 0 Å². The number of hydrogen-bond acceptors (Lipinski definition) is 7. The van der Waals surface area contributed by atoms with Crippen LogP contribution >= 0.6 is 0 Å². The average Bonchev–Trinajstić information content (AvgIpc) is 3.07. The van der Waals surface area contributed by atoms with Crippen molar-refractivity contribution in [2.24, 2.45) is 10.8 Å². The maximum atomic E-state index is 12.5.